The van der Waals surface area contributed by atoms with E-state index in [9.17, 15) is 13.2 Å². The summed E-state index contributed by atoms with van der Waals surface area (Å²) >= 11 is 0. The zero-order chi connectivity index (χ0) is 13.1. The molecule has 0 saturated heterocycles. The summed E-state index contributed by atoms with van der Waals surface area (Å²) in [5.41, 5.74) is -0.326. The van der Waals surface area contributed by atoms with Crippen LogP contribution in [0.4, 0.5) is 30.5 Å². The second-order valence-corrected chi connectivity index (χ2v) is 3.41. The second-order valence-electron chi connectivity index (χ2n) is 3.41. The Balaban J connectivity index is 2.33. The standard InChI is InChI=1S/C11H9F3N4/c1-15-9-4-10(17-5-16-9)18-8-3-6(12)2-7(13)11(8)14/h2-5H,1H3,(H2,15,16,17,18). The number of nitrogens with zero attached hydrogens (tertiary/aromatic N) is 2. The Labute approximate surface area is 101 Å². The molecule has 1 aromatic carbocycles. The molecule has 0 unspecified atom stereocenters. The Morgan fingerprint density at radius 3 is 2.44 bits per heavy atom. The van der Waals surface area contributed by atoms with Gasteiger partial charge in [0.15, 0.2) is 11.6 Å². The molecule has 94 valence electrons. The van der Waals surface area contributed by atoms with Gasteiger partial charge in [-0.05, 0) is 0 Å². The van der Waals surface area contributed by atoms with Gasteiger partial charge in [-0.3, -0.25) is 0 Å². The number of anilines is 3. The lowest BCUT2D eigenvalue weighted by Gasteiger charge is -2.08. The molecule has 0 aliphatic carbocycles. The number of halogens is 3. The van der Waals surface area contributed by atoms with Gasteiger partial charge in [0.05, 0.1) is 5.69 Å². The van der Waals surface area contributed by atoms with Gasteiger partial charge in [0, 0.05) is 25.2 Å². The van der Waals surface area contributed by atoms with E-state index in [-0.39, 0.29) is 11.5 Å². The van der Waals surface area contributed by atoms with E-state index in [4.69, 9.17) is 0 Å². The molecule has 0 aliphatic rings. The maximum Gasteiger partial charge on any atom is 0.182 e. The molecule has 0 atom stereocenters. The van der Waals surface area contributed by atoms with E-state index >= 15 is 0 Å². The van der Waals surface area contributed by atoms with Crippen LogP contribution in [-0.2, 0) is 0 Å². The van der Waals surface area contributed by atoms with Crippen molar-refractivity contribution in [3.8, 4) is 0 Å². The van der Waals surface area contributed by atoms with Crippen molar-refractivity contribution in [2.75, 3.05) is 17.7 Å². The van der Waals surface area contributed by atoms with E-state index in [2.05, 4.69) is 20.6 Å². The molecule has 0 fully saturated rings. The predicted molar refractivity (Wildman–Crippen MR) is 61.2 cm³/mol. The van der Waals surface area contributed by atoms with Crippen LogP contribution in [-0.4, -0.2) is 17.0 Å². The number of aromatic nitrogens is 2. The molecular formula is C11H9F3N4. The monoisotopic (exact) mass is 254 g/mol. The number of rotatable bonds is 3. The zero-order valence-corrected chi connectivity index (χ0v) is 9.34. The molecule has 0 radical (unpaired) electrons. The first-order valence-corrected chi connectivity index (χ1v) is 5.01. The Kier molecular flexibility index (Phi) is 3.31. The van der Waals surface area contributed by atoms with Crippen LogP contribution >= 0.6 is 0 Å². The molecule has 0 saturated carbocycles. The molecule has 2 rings (SSSR count). The molecular weight excluding hydrogens is 245 g/mol. The lowest BCUT2D eigenvalue weighted by atomic mass is 10.3. The fraction of sp³-hybridized carbons (Fsp3) is 0.0909. The summed E-state index contributed by atoms with van der Waals surface area (Å²) in [4.78, 5) is 7.66. The summed E-state index contributed by atoms with van der Waals surface area (Å²) < 4.78 is 39.3. The van der Waals surface area contributed by atoms with Gasteiger partial charge in [-0.15, -0.1) is 0 Å². The average molecular weight is 254 g/mol. The molecule has 2 aromatic rings. The van der Waals surface area contributed by atoms with E-state index in [0.717, 1.165) is 6.07 Å². The number of nitrogens with one attached hydrogen (secondary N) is 2. The highest BCUT2D eigenvalue weighted by Crippen LogP contribution is 2.22. The maximum absolute atomic E-state index is 13.4. The Bertz CT molecular complexity index is 574. The Morgan fingerprint density at radius 1 is 1.00 bits per heavy atom. The lowest BCUT2D eigenvalue weighted by Crippen LogP contribution is -2.01. The van der Waals surface area contributed by atoms with Gasteiger partial charge in [-0.25, -0.2) is 23.1 Å². The Hall–Kier alpha value is -2.31. The molecule has 0 aliphatic heterocycles. The topological polar surface area (TPSA) is 49.8 Å². The predicted octanol–water partition coefficient (Wildman–Crippen LogP) is 2.68. The minimum absolute atomic E-state index is 0.221. The van der Waals surface area contributed by atoms with Gasteiger partial charge >= 0.3 is 0 Å². The molecule has 4 nitrogen and oxygen atoms in total. The van der Waals surface area contributed by atoms with Gasteiger partial charge in [0.25, 0.3) is 0 Å². The molecule has 0 spiro atoms. The van der Waals surface area contributed by atoms with Crippen LogP contribution in [0.2, 0.25) is 0 Å². The Morgan fingerprint density at radius 2 is 1.72 bits per heavy atom. The average Bonchev–Trinajstić information content (AvgIpc) is 2.35. The summed E-state index contributed by atoms with van der Waals surface area (Å²) in [6.07, 6.45) is 1.24. The smallest absolute Gasteiger partial charge is 0.182 e. The summed E-state index contributed by atoms with van der Waals surface area (Å²) in [5.74, 6) is -2.59. The lowest BCUT2D eigenvalue weighted by molar-refractivity contribution is 0.498. The van der Waals surface area contributed by atoms with Gasteiger partial charge in [-0.2, -0.15) is 0 Å². The highest BCUT2D eigenvalue weighted by Gasteiger charge is 2.11. The minimum atomic E-state index is -1.26. The van der Waals surface area contributed by atoms with Crippen LogP contribution in [0.1, 0.15) is 0 Å². The maximum atomic E-state index is 13.4. The third-order valence-electron chi connectivity index (χ3n) is 2.18. The minimum Gasteiger partial charge on any atom is -0.373 e. The molecule has 1 heterocycles. The number of hydrogen-bond acceptors (Lipinski definition) is 4. The number of benzene rings is 1. The fourth-order valence-electron chi connectivity index (χ4n) is 1.35. The zero-order valence-electron chi connectivity index (χ0n) is 9.34. The SMILES string of the molecule is CNc1cc(Nc2cc(F)cc(F)c2F)ncn1. The van der Waals surface area contributed by atoms with Gasteiger partial charge in [0.1, 0.15) is 23.8 Å². The van der Waals surface area contributed by atoms with Gasteiger partial charge < -0.3 is 10.6 Å². The summed E-state index contributed by atoms with van der Waals surface area (Å²) in [5, 5.41) is 5.24. The van der Waals surface area contributed by atoms with Crippen LogP contribution in [0.15, 0.2) is 24.5 Å². The van der Waals surface area contributed by atoms with Crippen LogP contribution in [0.5, 0.6) is 0 Å². The molecule has 18 heavy (non-hydrogen) atoms. The second kappa shape index (κ2) is 4.91. The molecule has 0 amide bonds. The van der Waals surface area contributed by atoms with Crippen molar-refractivity contribution in [2.45, 2.75) is 0 Å². The first-order valence-electron chi connectivity index (χ1n) is 5.01. The molecule has 7 heteroatoms. The molecule has 2 N–H and O–H groups in total. The van der Waals surface area contributed by atoms with Crippen LogP contribution in [0.25, 0.3) is 0 Å². The number of hydrogen-bond donors (Lipinski definition) is 2. The van der Waals surface area contributed by atoms with E-state index < -0.39 is 17.5 Å². The van der Waals surface area contributed by atoms with E-state index in [1.165, 1.54) is 12.4 Å². The van der Waals surface area contributed by atoms with Crippen molar-refractivity contribution < 1.29 is 13.2 Å². The summed E-state index contributed by atoms with van der Waals surface area (Å²) in [6.45, 7) is 0. The van der Waals surface area contributed by atoms with Crippen molar-refractivity contribution >= 4 is 17.3 Å². The quantitative estimate of drug-likeness (QED) is 0.827. The highest BCUT2D eigenvalue weighted by molar-refractivity contribution is 5.59. The van der Waals surface area contributed by atoms with Crippen LogP contribution in [0, 0.1) is 17.5 Å². The normalized spacial score (nSPS) is 10.2. The van der Waals surface area contributed by atoms with Gasteiger partial charge in [-0.1, -0.05) is 0 Å². The van der Waals surface area contributed by atoms with Crippen molar-refractivity contribution in [2.24, 2.45) is 0 Å². The summed E-state index contributed by atoms with van der Waals surface area (Å²) in [7, 11) is 1.65. The molecule has 0 bridgehead atoms. The highest BCUT2D eigenvalue weighted by atomic mass is 19.2. The van der Waals surface area contributed by atoms with Crippen molar-refractivity contribution in [1.29, 1.82) is 0 Å². The van der Waals surface area contributed by atoms with Crippen molar-refractivity contribution in [3.05, 3.63) is 42.0 Å². The first kappa shape index (κ1) is 12.2. The van der Waals surface area contributed by atoms with Crippen molar-refractivity contribution in [1.82, 2.24) is 9.97 Å². The van der Waals surface area contributed by atoms with Crippen molar-refractivity contribution in [3.63, 3.8) is 0 Å². The van der Waals surface area contributed by atoms with Crippen LogP contribution < -0.4 is 10.6 Å². The largest absolute Gasteiger partial charge is 0.373 e. The fourth-order valence-corrected chi connectivity index (χ4v) is 1.35. The van der Waals surface area contributed by atoms with E-state index in [1.807, 2.05) is 0 Å². The van der Waals surface area contributed by atoms with E-state index in [0.29, 0.717) is 11.9 Å². The third kappa shape index (κ3) is 2.50. The summed E-state index contributed by atoms with van der Waals surface area (Å²) in [6, 6.07) is 2.79. The third-order valence-corrected chi connectivity index (χ3v) is 2.18. The first-order chi connectivity index (χ1) is 8.60. The van der Waals surface area contributed by atoms with E-state index in [1.54, 1.807) is 7.05 Å². The van der Waals surface area contributed by atoms with Crippen LogP contribution in [0.3, 0.4) is 0 Å². The molecule has 1 aromatic heterocycles. The van der Waals surface area contributed by atoms with Gasteiger partial charge in [0.2, 0.25) is 0 Å².